The lowest BCUT2D eigenvalue weighted by Crippen LogP contribution is -2.05. The van der Waals surface area contributed by atoms with Crippen LogP contribution in [0.25, 0.3) is 0 Å². The highest BCUT2D eigenvalue weighted by molar-refractivity contribution is 6.29. The molecule has 0 atom stereocenters. The third kappa shape index (κ3) is 2.26. The third-order valence-corrected chi connectivity index (χ3v) is 1.82. The molecule has 0 amide bonds. The predicted molar refractivity (Wildman–Crippen MR) is 52.3 cm³/mol. The second kappa shape index (κ2) is 4.15. The van der Waals surface area contributed by atoms with Gasteiger partial charge in [-0.25, -0.2) is 9.78 Å². The summed E-state index contributed by atoms with van der Waals surface area (Å²) in [7, 11) is 0. The molecule has 0 saturated heterocycles. The zero-order valence-corrected chi connectivity index (χ0v) is 8.50. The Morgan fingerprint density at radius 2 is 2.31 bits per heavy atom. The normalized spacial score (nSPS) is 10.1. The van der Waals surface area contributed by atoms with E-state index in [1.54, 1.807) is 6.07 Å². The van der Waals surface area contributed by atoms with E-state index >= 15 is 0 Å². The van der Waals surface area contributed by atoms with E-state index in [4.69, 9.17) is 21.5 Å². The number of hydrogen-bond donors (Lipinski definition) is 1. The Kier molecular flexibility index (Phi) is 2.69. The molecule has 82 valence electrons. The van der Waals surface area contributed by atoms with Gasteiger partial charge in [0.25, 0.3) is 0 Å². The zero-order chi connectivity index (χ0) is 11.5. The first-order valence-corrected chi connectivity index (χ1v) is 4.48. The van der Waals surface area contributed by atoms with E-state index in [-0.39, 0.29) is 5.69 Å². The van der Waals surface area contributed by atoms with Crippen molar-refractivity contribution >= 4 is 17.6 Å². The minimum Gasteiger partial charge on any atom is -0.476 e. The quantitative estimate of drug-likeness (QED) is 0.801. The van der Waals surface area contributed by atoms with Crippen molar-refractivity contribution in [2.45, 2.75) is 0 Å². The number of carboxylic acid groups (broad SMARTS) is 1. The van der Waals surface area contributed by atoms with Gasteiger partial charge in [-0.2, -0.15) is 0 Å². The largest absolute Gasteiger partial charge is 0.476 e. The highest BCUT2D eigenvalue weighted by atomic mass is 35.5. The fraction of sp³-hybridized carbons (Fsp3) is 0. The van der Waals surface area contributed by atoms with Gasteiger partial charge in [0.1, 0.15) is 11.3 Å². The maximum Gasteiger partial charge on any atom is 0.358 e. The van der Waals surface area contributed by atoms with Crippen LogP contribution in [0.5, 0.6) is 5.75 Å². The Morgan fingerprint density at radius 3 is 2.88 bits per heavy atom. The number of rotatable bonds is 3. The Hall–Kier alpha value is -2.15. The lowest BCUT2D eigenvalue weighted by atomic mass is 10.5. The maximum atomic E-state index is 10.5. The van der Waals surface area contributed by atoms with E-state index in [0.29, 0.717) is 10.9 Å². The maximum absolute atomic E-state index is 10.5. The summed E-state index contributed by atoms with van der Waals surface area (Å²) in [5.41, 5.74) is -0.207. The number of halogens is 1. The molecule has 0 radical (unpaired) electrons. The molecule has 0 fully saturated rings. The molecule has 2 aromatic heterocycles. The smallest absolute Gasteiger partial charge is 0.358 e. The van der Waals surface area contributed by atoms with E-state index in [2.05, 4.69) is 15.3 Å². The van der Waals surface area contributed by atoms with Crippen molar-refractivity contribution in [3.63, 3.8) is 0 Å². The second-order valence-electron chi connectivity index (χ2n) is 2.72. The first-order valence-electron chi connectivity index (χ1n) is 4.11. The summed E-state index contributed by atoms with van der Waals surface area (Å²) in [6.07, 6.45) is 2.52. The summed E-state index contributed by atoms with van der Waals surface area (Å²) < 4.78 is 0. The predicted octanol–water partition coefficient (Wildman–Crippen LogP) is 0.867. The van der Waals surface area contributed by atoms with Crippen molar-refractivity contribution in [2.24, 2.45) is 0 Å². The van der Waals surface area contributed by atoms with Gasteiger partial charge in [0, 0.05) is 0 Å². The van der Waals surface area contributed by atoms with Crippen LogP contribution in [0.3, 0.4) is 0 Å². The third-order valence-electron chi connectivity index (χ3n) is 1.59. The molecule has 7 nitrogen and oxygen atoms in total. The van der Waals surface area contributed by atoms with Gasteiger partial charge in [0.15, 0.2) is 11.4 Å². The average Bonchev–Trinajstić information content (AvgIpc) is 2.70. The van der Waals surface area contributed by atoms with Gasteiger partial charge >= 0.3 is 5.97 Å². The monoisotopic (exact) mass is 240 g/mol. The average molecular weight is 241 g/mol. The lowest BCUT2D eigenvalue weighted by molar-refractivity contribution is 0.0690. The van der Waals surface area contributed by atoms with Crippen molar-refractivity contribution in [3.05, 3.63) is 35.4 Å². The Labute approximate surface area is 94.2 Å². The van der Waals surface area contributed by atoms with E-state index in [1.807, 2.05) is 0 Å². The van der Waals surface area contributed by atoms with Crippen molar-refractivity contribution in [3.8, 4) is 5.75 Å². The summed E-state index contributed by atoms with van der Waals surface area (Å²) in [5, 5.41) is 15.8. The van der Waals surface area contributed by atoms with Gasteiger partial charge in [-0.3, -0.25) is 0 Å². The molecule has 0 aromatic carbocycles. The summed E-state index contributed by atoms with van der Waals surface area (Å²) in [6.45, 7) is 0. The molecular weight excluding hydrogens is 236 g/mol. The van der Waals surface area contributed by atoms with Crippen molar-refractivity contribution < 1.29 is 14.7 Å². The van der Waals surface area contributed by atoms with Gasteiger partial charge in [-0.15, -0.1) is 5.10 Å². The number of aromatic nitrogens is 4. The standard InChI is InChI=1S/C8H5ClN4O3/c9-7-2-1-5(3-10-7)16-13-4-6(8(14)15)11-12-13/h1-4H,(H,14,15). The van der Waals surface area contributed by atoms with Gasteiger partial charge in [0.05, 0.1) is 6.20 Å². The molecule has 1 N–H and O–H groups in total. The number of nitrogens with zero attached hydrogens (tertiary/aromatic N) is 4. The summed E-state index contributed by atoms with van der Waals surface area (Å²) >= 11 is 5.58. The number of hydrogen-bond acceptors (Lipinski definition) is 5. The number of carbonyl (C=O) groups is 1. The molecule has 2 aromatic rings. The molecule has 16 heavy (non-hydrogen) atoms. The van der Waals surface area contributed by atoms with Crippen LogP contribution in [0.1, 0.15) is 10.5 Å². The van der Waals surface area contributed by atoms with Crippen molar-refractivity contribution in [1.29, 1.82) is 0 Å². The van der Waals surface area contributed by atoms with Gasteiger partial charge < -0.3 is 9.94 Å². The summed E-state index contributed by atoms with van der Waals surface area (Å²) in [6, 6.07) is 3.10. The van der Waals surface area contributed by atoms with Crippen LogP contribution in [0, 0.1) is 0 Å². The van der Waals surface area contributed by atoms with Crippen LogP contribution in [0.2, 0.25) is 5.15 Å². The van der Waals surface area contributed by atoms with Gasteiger partial charge in [-0.05, 0) is 17.3 Å². The minimum absolute atomic E-state index is 0.207. The fourth-order valence-electron chi connectivity index (χ4n) is 0.915. The molecule has 2 heterocycles. The van der Waals surface area contributed by atoms with Crippen molar-refractivity contribution in [1.82, 2.24) is 20.1 Å². The lowest BCUT2D eigenvalue weighted by Gasteiger charge is -2.01. The first kappa shape index (κ1) is 10.4. The van der Waals surface area contributed by atoms with Crippen LogP contribution in [-0.4, -0.2) is 31.2 Å². The van der Waals surface area contributed by atoms with Crippen LogP contribution >= 0.6 is 11.6 Å². The molecule has 0 unspecified atom stereocenters. The number of aromatic carboxylic acids is 1. The SMILES string of the molecule is O=C(O)c1cn(Oc2ccc(Cl)nc2)nn1. The molecular formula is C8H5ClN4O3. The Bertz CT molecular complexity index is 510. The highest BCUT2D eigenvalue weighted by Gasteiger charge is 2.09. The molecule has 0 aliphatic carbocycles. The van der Waals surface area contributed by atoms with E-state index in [1.165, 1.54) is 12.3 Å². The number of pyridine rings is 1. The molecule has 0 aliphatic rings. The van der Waals surface area contributed by atoms with E-state index in [9.17, 15) is 4.79 Å². The van der Waals surface area contributed by atoms with Crippen molar-refractivity contribution in [2.75, 3.05) is 0 Å². The number of carboxylic acids is 1. The second-order valence-corrected chi connectivity index (χ2v) is 3.11. The van der Waals surface area contributed by atoms with E-state index < -0.39 is 5.97 Å². The summed E-state index contributed by atoms with van der Waals surface area (Å²) in [5.74, 6) is -0.810. The Morgan fingerprint density at radius 1 is 1.50 bits per heavy atom. The molecule has 0 saturated carbocycles. The van der Waals surface area contributed by atoms with Crippen LogP contribution in [0.15, 0.2) is 24.5 Å². The van der Waals surface area contributed by atoms with Crippen LogP contribution in [0.4, 0.5) is 0 Å². The first-order chi connectivity index (χ1) is 7.65. The highest BCUT2D eigenvalue weighted by Crippen LogP contribution is 2.12. The minimum atomic E-state index is -1.18. The van der Waals surface area contributed by atoms with Gasteiger partial charge in [-0.1, -0.05) is 16.4 Å². The molecule has 8 heteroatoms. The van der Waals surface area contributed by atoms with E-state index in [0.717, 1.165) is 11.0 Å². The van der Waals surface area contributed by atoms with Gasteiger partial charge in [0.2, 0.25) is 0 Å². The fourth-order valence-corrected chi connectivity index (χ4v) is 1.03. The summed E-state index contributed by atoms with van der Waals surface area (Å²) in [4.78, 5) is 20.3. The molecule has 0 spiro atoms. The Balaban J connectivity index is 2.14. The zero-order valence-electron chi connectivity index (χ0n) is 7.74. The topological polar surface area (TPSA) is 90.1 Å². The van der Waals surface area contributed by atoms with Crippen LogP contribution < -0.4 is 4.84 Å². The molecule has 0 bridgehead atoms. The van der Waals surface area contributed by atoms with Crippen LogP contribution in [-0.2, 0) is 0 Å². The molecule has 0 aliphatic heterocycles. The molecule has 2 rings (SSSR count).